The first-order chi connectivity index (χ1) is 7.50. The number of rotatable bonds is 1. The molecule has 0 amide bonds. The molecule has 0 aliphatic carbocycles. The third-order valence-corrected chi connectivity index (χ3v) is 3.20. The van der Waals surface area contributed by atoms with E-state index in [9.17, 15) is 4.39 Å². The zero-order valence-electron chi connectivity index (χ0n) is 9.38. The average molecular weight is 283 g/mol. The molecule has 2 aromatic rings. The number of benzene rings is 1. The maximum Gasteiger partial charge on any atom is 0.131 e. The summed E-state index contributed by atoms with van der Waals surface area (Å²) in [6.45, 7) is 3.83. The van der Waals surface area contributed by atoms with Crippen LogP contribution in [-0.4, -0.2) is 9.78 Å². The Morgan fingerprint density at radius 2 is 2.00 bits per heavy atom. The Morgan fingerprint density at radius 3 is 2.56 bits per heavy atom. The van der Waals surface area contributed by atoms with Gasteiger partial charge in [0.1, 0.15) is 5.82 Å². The molecule has 2 nitrogen and oxygen atoms in total. The van der Waals surface area contributed by atoms with Crippen molar-refractivity contribution in [2.45, 2.75) is 13.8 Å². The highest BCUT2D eigenvalue weighted by Gasteiger charge is 2.15. The Balaban J connectivity index is 2.71. The molecule has 2 rings (SSSR count). The summed E-state index contributed by atoms with van der Waals surface area (Å²) in [5, 5.41) is 4.29. The third-order valence-electron chi connectivity index (χ3n) is 2.71. The number of aromatic nitrogens is 2. The van der Waals surface area contributed by atoms with Gasteiger partial charge in [0.2, 0.25) is 0 Å². The quantitative estimate of drug-likeness (QED) is 0.781. The van der Waals surface area contributed by atoms with E-state index in [0.29, 0.717) is 5.56 Å². The van der Waals surface area contributed by atoms with Crippen LogP contribution in [0.3, 0.4) is 0 Å². The fourth-order valence-corrected chi connectivity index (χ4v) is 2.21. The Hall–Kier alpha value is -1.16. The van der Waals surface area contributed by atoms with Crippen molar-refractivity contribution in [1.82, 2.24) is 9.78 Å². The Bertz CT molecular complexity index is 546. The molecule has 0 unspecified atom stereocenters. The maximum atomic E-state index is 13.8. The van der Waals surface area contributed by atoms with Crippen LogP contribution in [0.4, 0.5) is 4.39 Å². The topological polar surface area (TPSA) is 17.8 Å². The molecule has 4 heteroatoms. The molecular formula is C12H12BrFN2. The average Bonchev–Trinajstić information content (AvgIpc) is 2.46. The van der Waals surface area contributed by atoms with E-state index in [1.54, 1.807) is 16.8 Å². The molecular weight excluding hydrogens is 271 g/mol. The lowest BCUT2D eigenvalue weighted by atomic mass is 10.0. The number of halogens is 2. The number of hydrogen-bond acceptors (Lipinski definition) is 1. The predicted octanol–water partition coefficient (Wildman–Crippen LogP) is 3.61. The van der Waals surface area contributed by atoms with Crippen LogP contribution in [0.25, 0.3) is 11.1 Å². The molecule has 16 heavy (non-hydrogen) atoms. The molecule has 0 saturated heterocycles. The van der Waals surface area contributed by atoms with E-state index in [4.69, 9.17) is 0 Å². The van der Waals surface area contributed by atoms with E-state index < -0.39 is 0 Å². The van der Waals surface area contributed by atoms with Gasteiger partial charge in [0.05, 0.1) is 5.69 Å². The van der Waals surface area contributed by atoms with Gasteiger partial charge in [-0.25, -0.2) is 4.39 Å². The van der Waals surface area contributed by atoms with Gasteiger partial charge < -0.3 is 0 Å². The summed E-state index contributed by atoms with van der Waals surface area (Å²) in [5.74, 6) is -0.220. The number of hydrogen-bond donors (Lipinski definition) is 0. The highest BCUT2D eigenvalue weighted by molar-refractivity contribution is 9.10. The van der Waals surface area contributed by atoms with E-state index >= 15 is 0 Å². The van der Waals surface area contributed by atoms with Crippen molar-refractivity contribution in [3.05, 3.63) is 39.9 Å². The molecule has 0 N–H and O–H groups in total. The number of nitrogens with zero attached hydrogens (tertiary/aromatic N) is 2. The fraction of sp³-hybridized carbons (Fsp3) is 0.250. The van der Waals surface area contributed by atoms with Crippen LogP contribution in [0.2, 0.25) is 0 Å². The lowest BCUT2D eigenvalue weighted by Crippen LogP contribution is -1.93. The van der Waals surface area contributed by atoms with Gasteiger partial charge in [-0.05, 0) is 32.0 Å². The highest BCUT2D eigenvalue weighted by Crippen LogP contribution is 2.30. The first-order valence-electron chi connectivity index (χ1n) is 4.96. The highest BCUT2D eigenvalue weighted by atomic mass is 79.9. The summed E-state index contributed by atoms with van der Waals surface area (Å²) in [6, 6.07) is 4.94. The van der Waals surface area contributed by atoms with E-state index in [2.05, 4.69) is 21.0 Å². The van der Waals surface area contributed by atoms with Gasteiger partial charge in [-0.2, -0.15) is 5.10 Å². The smallest absolute Gasteiger partial charge is 0.131 e. The SMILES string of the molecule is Cc1nn(C)c(C)c1-c1cc(Br)ccc1F. The summed E-state index contributed by atoms with van der Waals surface area (Å²) >= 11 is 3.36. The third kappa shape index (κ3) is 1.78. The van der Waals surface area contributed by atoms with Crippen LogP contribution in [-0.2, 0) is 7.05 Å². The second-order valence-electron chi connectivity index (χ2n) is 3.79. The minimum atomic E-state index is -0.220. The maximum absolute atomic E-state index is 13.8. The number of aryl methyl sites for hydroxylation is 2. The second kappa shape index (κ2) is 4.01. The van der Waals surface area contributed by atoms with E-state index in [0.717, 1.165) is 21.4 Å². The zero-order valence-corrected chi connectivity index (χ0v) is 11.0. The lowest BCUT2D eigenvalue weighted by Gasteiger charge is -2.04. The van der Waals surface area contributed by atoms with Gasteiger partial charge >= 0.3 is 0 Å². The molecule has 84 valence electrons. The van der Waals surface area contributed by atoms with E-state index in [-0.39, 0.29) is 5.82 Å². The fourth-order valence-electron chi connectivity index (χ4n) is 1.85. The van der Waals surface area contributed by atoms with Gasteiger partial charge in [-0.1, -0.05) is 15.9 Å². The van der Waals surface area contributed by atoms with Gasteiger partial charge in [-0.15, -0.1) is 0 Å². The molecule has 1 aromatic heterocycles. The summed E-state index contributed by atoms with van der Waals surface area (Å²) < 4.78 is 16.4. The van der Waals surface area contributed by atoms with Crippen LogP contribution in [0, 0.1) is 19.7 Å². The largest absolute Gasteiger partial charge is 0.272 e. The second-order valence-corrected chi connectivity index (χ2v) is 4.71. The standard InChI is InChI=1S/C12H12BrFN2/c1-7-12(8(2)16(3)15-7)10-6-9(13)4-5-11(10)14/h4-6H,1-3H3. The molecule has 0 fully saturated rings. The Morgan fingerprint density at radius 1 is 1.31 bits per heavy atom. The summed E-state index contributed by atoms with van der Waals surface area (Å²) in [4.78, 5) is 0. The Kier molecular flexibility index (Phi) is 2.84. The van der Waals surface area contributed by atoms with Crippen molar-refractivity contribution in [1.29, 1.82) is 0 Å². The summed E-state index contributed by atoms with van der Waals surface area (Å²) in [7, 11) is 1.86. The van der Waals surface area contributed by atoms with Crippen LogP contribution in [0.5, 0.6) is 0 Å². The van der Waals surface area contributed by atoms with Crippen molar-refractivity contribution in [2.75, 3.05) is 0 Å². The normalized spacial score (nSPS) is 10.8. The van der Waals surface area contributed by atoms with Crippen LogP contribution in [0.1, 0.15) is 11.4 Å². The first-order valence-corrected chi connectivity index (χ1v) is 5.75. The van der Waals surface area contributed by atoms with Crippen LogP contribution in [0.15, 0.2) is 22.7 Å². The van der Waals surface area contributed by atoms with Gasteiger partial charge in [0.15, 0.2) is 0 Å². The van der Waals surface area contributed by atoms with Crippen LogP contribution >= 0.6 is 15.9 Å². The molecule has 0 atom stereocenters. The molecule has 1 heterocycles. The van der Waals surface area contributed by atoms with Crippen molar-refractivity contribution in [2.24, 2.45) is 7.05 Å². The molecule has 0 aliphatic rings. The summed E-state index contributed by atoms with van der Waals surface area (Å²) in [6.07, 6.45) is 0. The molecule has 1 aromatic carbocycles. The van der Waals surface area contributed by atoms with Crippen molar-refractivity contribution in [3.8, 4) is 11.1 Å². The zero-order chi connectivity index (χ0) is 11.9. The van der Waals surface area contributed by atoms with Crippen molar-refractivity contribution < 1.29 is 4.39 Å². The minimum absolute atomic E-state index is 0.220. The van der Waals surface area contributed by atoms with Gasteiger partial charge in [-0.3, -0.25) is 4.68 Å². The minimum Gasteiger partial charge on any atom is -0.272 e. The molecule has 0 saturated carbocycles. The molecule has 0 aliphatic heterocycles. The molecule has 0 radical (unpaired) electrons. The Labute approximate surface area is 102 Å². The molecule has 0 bridgehead atoms. The van der Waals surface area contributed by atoms with E-state index in [1.165, 1.54) is 6.07 Å². The predicted molar refractivity (Wildman–Crippen MR) is 65.8 cm³/mol. The van der Waals surface area contributed by atoms with E-state index in [1.807, 2.05) is 20.9 Å². The monoisotopic (exact) mass is 282 g/mol. The van der Waals surface area contributed by atoms with Crippen LogP contribution < -0.4 is 0 Å². The summed E-state index contributed by atoms with van der Waals surface area (Å²) in [5.41, 5.74) is 3.28. The molecule has 0 spiro atoms. The first kappa shape index (κ1) is 11.3. The van der Waals surface area contributed by atoms with Gasteiger partial charge in [0, 0.05) is 28.3 Å². The van der Waals surface area contributed by atoms with Gasteiger partial charge in [0.25, 0.3) is 0 Å². The lowest BCUT2D eigenvalue weighted by molar-refractivity contribution is 0.630. The van der Waals surface area contributed by atoms with Crippen molar-refractivity contribution >= 4 is 15.9 Å². The van der Waals surface area contributed by atoms with Crippen molar-refractivity contribution in [3.63, 3.8) is 0 Å².